The zero-order chi connectivity index (χ0) is 30.5. The number of likely N-dealkylation sites (N-methyl/N-ethyl adjacent to an activating group) is 1. The maximum atomic E-state index is 14.4. The summed E-state index contributed by atoms with van der Waals surface area (Å²) < 4.78 is 69.6. The van der Waals surface area contributed by atoms with Gasteiger partial charge in [0.05, 0.1) is 28.2 Å². The van der Waals surface area contributed by atoms with Gasteiger partial charge in [-0.1, -0.05) is 36.8 Å². The van der Waals surface area contributed by atoms with E-state index in [1.54, 1.807) is 0 Å². The van der Waals surface area contributed by atoms with Crippen molar-refractivity contribution in [3.63, 3.8) is 0 Å². The van der Waals surface area contributed by atoms with Gasteiger partial charge in [-0.3, -0.25) is 4.90 Å². The first-order valence-corrected chi connectivity index (χ1v) is 16.1. The highest BCUT2D eigenvalue weighted by Crippen LogP contribution is 2.51. The molecule has 3 fully saturated rings. The molecule has 1 aliphatic heterocycles. The number of alkyl halides is 3. The molecule has 2 saturated carbocycles. The molecule has 2 aromatic carbocycles. The zero-order valence-electron chi connectivity index (χ0n) is 24.8. The molecule has 230 valence electrons. The fraction of sp³-hybridized carbons (Fsp3) is 0.581. The Bertz CT molecular complexity index is 1400. The summed E-state index contributed by atoms with van der Waals surface area (Å²) in [7, 11) is 2.56. The van der Waals surface area contributed by atoms with E-state index in [-0.39, 0.29) is 17.6 Å². The first-order chi connectivity index (χ1) is 19.7. The minimum Gasteiger partial charge on any atom is -0.317 e. The van der Waals surface area contributed by atoms with Crippen LogP contribution >= 0.6 is 0 Å². The third kappa shape index (κ3) is 5.55. The van der Waals surface area contributed by atoms with Gasteiger partial charge in [-0.25, -0.2) is 17.5 Å². The molecule has 2 aromatic rings. The average Bonchev–Trinajstić information content (AvgIpc) is 3.17. The summed E-state index contributed by atoms with van der Waals surface area (Å²) in [5.74, 6) is 0.350. The van der Waals surface area contributed by atoms with Crippen LogP contribution < -0.4 is 4.90 Å². The number of anilines is 1. The van der Waals surface area contributed by atoms with Crippen molar-refractivity contribution in [1.29, 1.82) is 0 Å². The van der Waals surface area contributed by atoms with Gasteiger partial charge in [0.15, 0.2) is 0 Å². The molecule has 42 heavy (non-hydrogen) atoms. The van der Waals surface area contributed by atoms with E-state index in [0.29, 0.717) is 31.4 Å². The SMILES string of the molecule is CN(C)CC1(c2ccccc2)CCC2(CC1)CN(c1ccc(S(=O)(=O)N(C)C)cc1C(F)(F)F)C(=O)N2CC1CCC1. The van der Waals surface area contributed by atoms with Crippen LogP contribution in [0.1, 0.15) is 56.1 Å². The fourth-order valence-corrected chi connectivity index (χ4v) is 8.02. The summed E-state index contributed by atoms with van der Waals surface area (Å²) in [4.78, 5) is 18.9. The van der Waals surface area contributed by atoms with Crippen molar-refractivity contribution in [3.05, 3.63) is 59.7 Å². The van der Waals surface area contributed by atoms with Crippen molar-refractivity contribution in [2.24, 2.45) is 5.92 Å². The second-order valence-electron chi connectivity index (χ2n) is 12.8. The van der Waals surface area contributed by atoms with Crippen molar-refractivity contribution in [3.8, 4) is 0 Å². The predicted octanol–water partition coefficient (Wildman–Crippen LogP) is 5.81. The number of amides is 2. The smallest absolute Gasteiger partial charge is 0.317 e. The molecule has 1 saturated heterocycles. The Morgan fingerprint density at radius 3 is 2.12 bits per heavy atom. The normalized spacial score (nSPS) is 25.6. The van der Waals surface area contributed by atoms with Gasteiger partial charge in [0.1, 0.15) is 0 Å². The lowest BCUT2D eigenvalue weighted by atomic mass is 9.63. The number of rotatable bonds is 8. The number of hydrogen-bond acceptors (Lipinski definition) is 4. The monoisotopic (exact) mass is 606 g/mol. The van der Waals surface area contributed by atoms with Crippen molar-refractivity contribution >= 4 is 21.7 Å². The molecule has 0 bridgehead atoms. The highest BCUT2D eigenvalue weighted by Gasteiger charge is 2.55. The summed E-state index contributed by atoms with van der Waals surface area (Å²) >= 11 is 0. The molecule has 5 rings (SSSR count). The molecule has 1 heterocycles. The van der Waals surface area contributed by atoms with E-state index in [1.165, 1.54) is 30.6 Å². The van der Waals surface area contributed by atoms with Gasteiger partial charge in [0, 0.05) is 32.6 Å². The summed E-state index contributed by atoms with van der Waals surface area (Å²) in [5.41, 5.74) is -0.852. The molecule has 7 nitrogen and oxygen atoms in total. The quantitative estimate of drug-likeness (QED) is 0.381. The van der Waals surface area contributed by atoms with Gasteiger partial charge in [-0.15, -0.1) is 0 Å². The van der Waals surface area contributed by atoms with E-state index >= 15 is 0 Å². The molecule has 1 spiro atoms. The van der Waals surface area contributed by atoms with Crippen molar-refractivity contribution in [2.75, 3.05) is 52.7 Å². The predicted molar refractivity (Wildman–Crippen MR) is 157 cm³/mol. The van der Waals surface area contributed by atoms with Crippen molar-refractivity contribution < 1.29 is 26.4 Å². The number of urea groups is 1. The molecule has 0 aromatic heterocycles. The van der Waals surface area contributed by atoms with Crippen molar-refractivity contribution in [2.45, 2.75) is 67.0 Å². The van der Waals surface area contributed by atoms with Crippen LogP contribution in [0.15, 0.2) is 53.4 Å². The molecule has 11 heteroatoms. The highest BCUT2D eigenvalue weighted by molar-refractivity contribution is 7.89. The van der Waals surface area contributed by atoms with Crippen LogP contribution in [0, 0.1) is 5.92 Å². The number of hydrogen-bond donors (Lipinski definition) is 0. The summed E-state index contributed by atoms with van der Waals surface area (Å²) in [6.45, 7) is 1.53. The maximum Gasteiger partial charge on any atom is 0.418 e. The van der Waals surface area contributed by atoms with E-state index in [0.717, 1.165) is 49.0 Å². The average molecular weight is 607 g/mol. The van der Waals surface area contributed by atoms with Crippen LogP contribution in [0.4, 0.5) is 23.7 Å². The number of carbonyl (C=O) groups is 1. The van der Waals surface area contributed by atoms with Crippen molar-refractivity contribution in [1.82, 2.24) is 14.1 Å². The summed E-state index contributed by atoms with van der Waals surface area (Å²) in [6, 6.07) is 13.0. The van der Waals surface area contributed by atoms with E-state index in [1.807, 2.05) is 23.1 Å². The Kier molecular flexibility index (Phi) is 8.17. The second-order valence-corrected chi connectivity index (χ2v) is 15.0. The largest absolute Gasteiger partial charge is 0.418 e. The van der Waals surface area contributed by atoms with Crippen LogP contribution in [0.25, 0.3) is 0 Å². The molecular weight excluding hydrogens is 565 g/mol. The Hall–Kier alpha value is -2.63. The fourth-order valence-electron chi connectivity index (χ4n) is 7.10. The van der Waals surface area contributed by atoms with E-state index in [2.05, 4.69) is 31.1 Å². The Morgan fingerprint density at radius 2 is 1.60 bits per heavy atom. The highest BCUT2D eigenvalue weighted by atomic mass is 32.2. The number of halogens is 3. The molecule has 2 amide bonds. The van der Waals surface area contributed by atoms with Gasteiger partial charge >= 0.3 is 12.2 Å². The second kappa shape index (κ2) is 11.1. The first-order valence-electron chi connectivity index (χ1n) is 14.6. The van der Waals surface area contributed by atoms with Gasteiger partial charge in [-0.2, -0.15) is 13.2 Å². The lowest BCUT2D eigenvalue weighted by Crippen LogP contribution is -2.55. The van der Waals surface area contributed by atoms with Gasteiger partial charge in [0.25, 0.3) is 0 Å². The number of nitrogens with zero attached hydrogens (tertiary/aromatic N) is 4. The lowest BCUT2D eigenvalue weighted by Gasteiger charge is -2.50. The molecule has 3 aliphatic rings. The topological polar surface area (TPSA) is 64.2 Å². The maximum absolute atomic E-state index is 14.4. The molecular formula is C31H41F3N4O3S. The van der Waals surface area contributed by atoms with Crippen LogP contribution in [-0.4, -0.2) is 81.9 Å². The molecule has 0 N–H and O–H groups in total. The lowest BCUT2D eigenvalue weighted by molar-refractivity contribution is -0.137. The van der Waals surface area contributed by atoms with Crippen LogP contribution in [-0.2, 0) is 21.6 Å². The zero-order valence-corrected chi connectivity index (χ0v) is 25.6. The minimum atomic E-state index is -4.84. The Labute approximate surface area is 247 Å². The molecule has 0 atom stereocenters. The number of benzene rings is 2. The number of sulfonamides is 1. The summed E-state index contributed by atoms with van der Waals surface area (Å²) in [6.07, 6.45) is 1.26. The van der Waals surface area contributed by atoms with E-state index < -0.39 is 38.2 Å². The van der Waals surface area contributed by atoms with E-state index in [9.17, 15) is 26.4 Å². The van der Waals surface area contributed by atoms with Crippen LogP contribution in [0.3, 0.4) is 0 Å². The minimum absolute atomic E-state index is 0.117. The standard InChI is InChI=1S/C31H41F3N4O3S/c1-35(2)21-29(24-11-6-5-7-12-24)15-17-30(18-16-29)22-37(28(39)38(30)20-23-9-8-10-23)27-14-13-25(42(40,41)36(3)4)19-26(27)31(32,33)34/h5-7,11-14,19,23H,8-10,15-18,20-22H2,1-4H3. The van der Waals surface area contributed by atoms with Gasteiger partial charge in [0.2, 0.25) is 10.0 Å². The Balaban J connectivity index is 1.53. The Morgan fingerprint density at radius 1 is 0.952 bits per heavy atom. The van der Waals surface area contributed by atoms with Gasteiger partial charge in [-0.05, 0) is 82.3 Å². The third-order valence-electron chi connectivity index (χ3n) is 9.64. The molecule has 0 unspecified atom stereocenters. The molecule has 2 aliphatic carbocycles. The van der Waals surface area contributed by atoms with E-state index in [4.69, 9.17) is 0 Å². The first kappa shape index (κ1) is 30.8. The van der Waals surface area contributed by atoms with Crippen LogP contribution in [0.2, 0.25) is 0 Å². The molecule has 0 radical (unpaired) electrons. The summed E-state index contributed by atoms with van der Waals surface area (Å²) in [5, 5.41) is 0. The van der Waals surface area contributed by atoms with Gasteiger partial charge < -0.3 is 9.80 Å². The van der Waals surface area contributed by atoms with Crippen LogP contribution in [0.5, 0.6) is 0 Å². The number of carbonyl (C=O) groups excluding carboxylic acids is 1. The third-order valence-corrected chi connectivity index (χ3v) is 11.4.